The number of carbonyl (C=O) groups is 2. The number of ketones is 1. The highest BCUT2D eigenvalue weighted by atomic mass is 16.6. The Balaban J connectivity index is 1.68. The van der Waals surface area contributed by atoms with Gasteiger partial charge in [0, 0.05) is 17.3 Å². The molecular weight excluding hydrogens is 350 g/mol. The summed E-state index contributed by atoms with van der Waals surface area (Å²) in [5.74, 6) is 1.61. The second-order valence-corrected chi connectivity index (χ2v) is 6.03. The van der Waals surface area contributed by atoms with Crippen LogP contribution in [-0.2, 0) is 4.79 Å². The van der Waals surface area contributed by atoms with E-state index in [0.717, 1.165) is 0 Å². The maximum Gasteiger partial charge on any atom is 0.265 e. The van der Waals surface area contributed by atoms with Crippen LogP contribution in [0.1, 0.15) is 24.2 Å². The van der Waals surface area contributed by atoms with Crippen molar-refractivity contribution in [2.45, 2.75) is 20.0 Å². The standard InChI is InChI=1S/C20H21NO6/c1-12(22)14-4-6-17(18(10-14)24-3)27-13(2)20(23)21-15-5-7-16-19(11-15)26-9-8-25-16/h4-7,10-11,13H,8-9H2,1-3H3,(H,21,23)/t13-/m0/s1. The number of ether oxygens (including phenoxy) is 4. The number of carbonyl (C=O) groups excluding carboxylic acids is 2. The first-order valence-corrected chi connectivity index (χ1v) is 8.54. The van der Waals surface area contributed by atoms with Crippen molar-refractivity contribution >= 4 is 17.4 Å². The van der Waals surface area contributed by atoms with Gasteiger partial charge in [-0.1, -0.05) is 0 Å². The van der Waals surface area contributed by atoms with E-state index in [2.05, 4.69) is 5.32 Å². The van der Waals surface area contributed by atoms with Gasteiger partial charge in [-0.15, -0.1) is 0 Å². The molecule has 1 N–H and O–H groups in total. The van der Waals surface area contributed by atoms with Crippen molar-refractivity contribution in [1.29, 1.82) is 0 Å². The molecule has 0 aromatic heterocycles. The maximum absolute atomic E-state index is 12.5. The van der Waals surface area contributed by atoms with Gasteiger partial charge in [-0.05, 0) is 44.2 Å². The average Bonchev–Trinajstić information content (AvgIpc) is 2.67. The highest BCUT2D eigenvalue weighted by Gasteiger charge is 2.19. The fourth-order valence-corrected chi connectivity index (χ4v) is 2.59. The third-order valence-corrected chi connectivity index (χ3v) is 4.05. The summed E-state index contributed by atoms with van der Waals surface area (Å²) in [5.41, 5.74) is 1.09. The highest BCUT2D eigenvalue weighted by molar-refractivity contribution is 5.95. The van der Waals surface area contributed by atoms with Gasteiger partial charge in [-0.25, -0.2) is 0 Å². The van der Waals surface area contributed by atoms with Crippen molar-refractivity contribution in [3.8, 4) is 23.0 Å². The number of methoxy groups -OCH3 is 1. The van der Waals surface area contributed by atoms with Crippen LogP contribution >= 0.6 is 0 Å². The van der Waals surface area contributed by atoms with Crippen LogP contribution in [0.4, 0.5) is 5.69 Å². The number of anilines is 1. The van der Waals surface area contributed by atoms with Crippen molar-refractivity contribution < 1.29 is 28.5 Å². The molecule has 2 aromatic rings. The lowest BCUT2D eigenvalue weighted by Crippen LogP contribution is -2.30. The van der Waals surface area contributed by atoms with Gasteiger partial charge in [-0.3, -0.25) is 9.59 Å². The molecule has 0 bridgehead atoms. The van der Waals surface area contributed by atoms with Crippen LogP contribution in [0.3, 0.4) is 0 Å². The molecule has 3 rings (SSSR count). The molecule has 142 valence electrons. The molecule has 0 fully saturated rings. The minimum Gasteiger partial charge on any atom is -0.493 e. The highest BCUT2D eigenvalue weighted by Crippen LogP contribution is 2.33. The first-order chi connectivity index (χ1) is 13.0. The van der Waals surface area contributed by atoms with E-state index in [0.29, 0.717) is 47.5 Å². The third kappa shape index (κ3) is 4.31. The lowest BCUT2D eigenvalue weighted by Gasteiger charge is -2.20. The molecular formula is C20H21NO6. The largest absolute Gasteiger partial charge is 0.493 e. The number of hydrogen-bond donors (Lipinski definition) is 1. The molecule has 1 heterocycles. The summed E-state index contributed by atoms with van der Waals surface area (Å²) >= 11 is 0. The number of hydrogen-bond acceptors (Lipinski definition) is 6. The minimum absolute atomic E-state index is 0.0794. The zero-order valence-corrected chi connectivity index (χ0v) is 15.4. The van der Waals surface area contributed by atoms with Gasteiger partial charge in [0.1, 0.15) is 13.2 Å². The summed E-state index contributed by atoms with van der Waals surface area (Å²) < 4.78 is 21.9. The average molecular weight is 371 g/mol. The Hall–Kier alpha value is -3.22. The van der Waals surface area contributed by atoms with Gasteiger partial charge in [0.05, 0.1) is 7.11 Å². The van der Waals surface area contributed by atoms with Gasteiger partial charge in [0.25, 0.3) is 5.91 Å². The molecule has 1 atom stereocenters. The number of benzene rings is 2. The quantitative estimate of drug-likeness (QED) is 0.786. The van der Waals surface area contributed by atoms with Crippen LogP contribution in [0, 0.1) is 0 Å². The number of Topliss-reactive ketones (excluding diaryl/α,β-unsaturated/α-hetero) is 1. The van der Waals surface area contributed by atoms with Gasteiger partial charge >= 0.3 is 0 Å². The zero-order valence-electron chi connectivity index (χ0n) is 15.4. The van der Waals surface area contributed by atoms with Gasteiger partial charge in [0.2, 0.25) is 0 Å². The van der Waals surface area contributed by atoms with E-state index in [4.69, 9.17) is 18.9 Å². The van der Waals surface area contributed by atoms with E-state index in [-0.39, 0.29) is 11.7 Å². The third-order valence-electron chi connectivity index (χ3n) is 4.05. The Morgan fingerprint density at radius 3 is 2.48 bits per heavy atom. The summed E-state index contributed by atoms with van der Waals surface area (Å²) in [5, 5.41) is 2.78. The van der Waals surface area contributed by atoms with E-state index in [9.17, 15) is 9.59 Å². The second kappa shape index (κ2) is 7.99. The Kier molecular flexibility index (Phi) is 5.49. The second-order valence-electron chi connectivity index (χ2n) is 6.03. The van der Waals surface area contributed by atoms with E-state index >= 15 is 0 Å². The van der Waals surface area contributed by atoms with E-state index < -0.39 is 6.10 Å². The summed E-state index contributed by atoms with van der Waals surface area (Å²) in [6.45, 7) is 4.08. The topological polar surface area (TPSA) is 83.1 Å². The Labute approximate surface area is 157 Å². The molecule has 1 aliphatic rings. The number of fused-ring (bicyclic) bond motifs is 1. The van der Waals surface area contributed by atoms with E-state index in [1.807, 2.05) is 0 Å². The molecule has 2 aromatic carbocycles. The molecule has 27 heavy (non-hydrogen) atoms. The van der Waals surface area contributed by atoms with Crippen LogP contribution in [0.2, 0.25) is 0 Å². The molecule has 0 unspecified atom stereocenters. The molecule has 7 heteroatoms. The monoisotopic (exact) mass is 371 g/mol. The number of rotatable bonds is 6. The smallest absolute Gasteiger partial charge is 0.265 e. The van der Waals surface area contributed by atoms with E-state index in [1.165, 1.54) is 14.0 Å². The molecule has 0 saturated heterocycles. The van der Waals surface area contributed by atoms with Gasteiger partial charge in [-0.2, -0.15) is 0 Å². The van der Waals surface area contributed by atoms with Crippen molar-refractivity contribution in [1.82, 2.24) is 0 Å². The first kappa shape index (κ1) is 18.6. The molecule has 7 nitrogen and oxygen atoms in total. The maximum atomic E-state index is 12.5. The predicted octanol–water partition coefficient (Wildman–Crippen LogP) is 3.08. The first-order valence-electron chi connectivity index (χ1n) is 8.54. The number of nitrogens with one attached hydrogen (secondary N) is 1. The zero-order chi connectivity index (χ0) is 19.4. The van der Waals surface area contributed by atoms with Crippen LogP contribution in [0.25, 0.3) is 0 Å². The fraction of sp³-hybridized carbons (Fsp3) is 0.300. The predicted molar refractivity (Wildman–Crippen MR) is 99.2 cm³/mol. The molecule has 0 radical (unpaired) electrons. The summed E-state index contributed by atoms with van der Waals surface area (Å²) in [6, 6.07) is 10.0. The van der Waals surface area contributed by atoms with Crippen molar-refractivity contribution in [3.05, 3.63) is 42.0 Å². The van der Waals surface area contributed by atoms with Crippen molar-refractivity contribution in [2.75, 3.05) is 25.6 Å². The molecule has 1 amide bonds. The lowest BCUT2D eigenvalue weighted by atomic mass is 10.1. The summed E-state index contributed by atoms with van der Waals surface area (Å²) in [4.78, 5) is 23.9. The normalized spacial score (nSPS) is 13.4. The molecule has 0 spiro atoms. The van der Waals surface area contributed by atoms with Gasteiger partial charge in [0.15, 0.2) is 34.9 Å². The summed E-state index contributed by atoms with van der Waals surface area (Å²) in [7, 11) is 1.48. The Morgan fingerprint density at radius 1 is 1.04 bits per heavy atom. The summed E-state index contributed by atoms with van der Waals surface area (Å²) in [6.07, 6.45) is -0.782. The SMILES string of the molecule is COc1cc(C(C)=O)ccc1O[C@@H](C)C(=O)Nc1ccc2c(c1)OCCO2. The van der Waals surface area contributed by atoms with Crippen molar-refractivity contribution in [3.63, 3.8) is 0 Å². The minimum atomic E-state index is -0.782. The van der Waals surface area contributed by atoms with Gasteiger partial charge < -0.3 is 24.3 Å². The number of amides is 1. The molecule has 0 aliphatic carbocycles. The van der Waals surface area contributed by atoms with E-state index in [1.54, 1.807) is 43.3 Å². The van der Waals surface area contributed by atoms with Crippen LogP contribution in [0.5, 0.6) is 23.0 Å². The fourth-order valence-electron chi connectivity index (χ4n) is 2.59. The van der Waals surface area contributed by atoms with Crippen LogP contribution in [-0.4, -0.2) is 38.1 Å². The lowest BCUT2D eigenvalue weighted by molar-refractivity contribution is -0.122. The van der Waals surface area contributed by atoms with Crippen LogP contribution < -0.4 is 24.3 Å². The Morgan fingerprint density at radius 2 is 1.78 bits per heavy atom. The van der Waals surface area contributed by atoms with Crippen molar-refractivity contribution in [2.24, 2.45) is 0 Å². The Bertz CT molecular complexity index is 864. The molecule has 0 saturated carbocycles. The molecule has 1 aliphatic heterocycles. The van der Waals surface area contributed by atoms with Crippen LogP contribution in [0.15, 0.2) is 36.4 Å².